The lowest BCUT2D eigenvalue weighted by Crippen LogP contribution is -2.51. The van der Waals surface area contributed by atoms with Crippen molar-refractivity contribution in [3.05, 3.63) is 41.3 Å². The number of nitrogens with one attached hydrogen (secondary N) is 1. The average Bonchev–Trinajstić information content (AvgIpc) is 2.85. The first kappa shape index (κ1) is 18.2. The molecule has 3 heterocycles. The van der Waals surface area contributed by atoms with Gasteiger partial charge in [-0.15, -0.1) is 0 Å². The highest BCUT2D eigenvalue weighted by molar-refractivity contribution is 6.33. The fourth-order valence-electron chi connectivity index (χ4n) is 3.22. The van der Waals surface area contributed by atoms with E-state index in [0.29, 0.717) is 38.2 Å². The van der Waals surface area contributed by atoms with Crippen molar-refractivity contribution in [2.24, 2.45) is 0 Å². The van der Waals surface area contributed by atoms with Gasteiger partial charge in [-0.05, 0) is 19.1 Å². The molecule has 26 heavy (non-hydrogen) atoms. The largest absolute Gasteiger partial charge is 0.436 e. The van der Waals surface area contributed by atoms with Crippen LogP contribution in [0.5, 0.6) is 0 Å². The molecule has 1 spiro atoms. The van der Waals surface area contributed by atoms with Crippen LogP contribution in [0.4, 0.5) is 9.59 Å². The minimum absolute atomic E-state index is 0.0317. The molecule has 2 saturated heterocycles. The molecule has 0 atom stereocenters. The molecule has 138 valence electrons. The van der Waals surface area contributed by atoms with Gasteiger partial charge < -0.3 is 9.64 Å². The molecule has 0 bridgehead atoms. The standard InChI is InChI=1S/C17H19ClN4O4/c1-3-22-11(2)17(26-16(22)25)6-9-21(10-7-17)15(24)20-14(23)12-5-4-8-19-13(12)18/h4-5,8H,2-3,6-7,9-10H2,1H3,(H,20,23,24). The summed E-state index contributed by atoms with van der Waals surface area (Å²) in [6, 6.07) is 2.53. The van der Waals surface area contributed by atoms with Crippen LogP contribution >= 0.6 is 11.6 Å². The zero-order valence-electron chi connectivity index (χ0n) is 14.3. The molecule has 9 heteroatoms. The van der Waals surface area contributed by atoms with E-state index in [2.05, 4.69) is 16.9 Å². The zero-order valence-corrected chi connectivity index (χ0v) is 15.1. The number of hydrogen-bond acceptors (Lipinski definition) is 5. The van der Waals surface area contributed by atoms with E-state index in [0.717, 1.165) is 0 Å². The van der Waals surface area contributed by atoms with Gasteiger partial charge in [0.25, 0.3) is 5.91 Å². The van der Waals surface area contributed by atoms with Gasteiger partial charge in [0.15, 0.2) is 5.60 Å². The molecular weight excluding hydrogens is 360 g/mol. The Hall–Kier alpha value is -2.61. The van der Waals surface area contributed by atoms with Crippen LogP contribution in [-0.4, -0.2) is 58.1 Å². The number of amides is 4. The molecule has 0 aromatic carbocycles. The summed E-state index contributed by atoms with van der Waals surface area (Å²) in [4.78, 5) is 43.3. The predicted octanol–water partition coefficient (Wildman–Crippen LogP) is 2.41. The van der Waals surface area contributed by atoms with Crippen LogP contribution in [0, 0.1) is 0 Å². The van der Waals surface area contributed by atoms with E-state index in [1.165, 1.54) is 22.1 Å². The Morgan fingerprint density at radius 2 is 2.12 bits per heavy atom. The first-order valence-corrected chi connectivity index (χ1v) is 8.66. The van der Waals surface area contributed by atoms with Crippen LogP contribution < -0.4 is 5.32 Å². The van der Waals surface area contributed by atoms with Crippen molar-refractivity contribution in [1.82, 2.24) is 20.1 Å². The second kappa shape index (κ2) is 6.95. The summed E-state index contributed by atoms with van der Waals surface area (Å²) >= 11 is 5.87. The molecule has 3 rings (SSSR count). The van der Waals surface area contributed by atoms with Crippen molar-refractivity contribution in [2.45, 2.75) is 25.4 Å². The monoisotopic (exact) mass is 378 g/mol. The Morgan fingerprint density at radius 3 is 2.69 bits per heavy atom. The Kier molecular flexibility index (Phi) is 4.86. The van der Waals surface area contributed by atoms with Crippen molar-refractivity contribution in [2.75, 3.05) is 19.6 Å². The lowest BCUT2D eigenvalue weighted by Gasteiger charge is -2.37. The van der Waals surface area contributed by atoms with Gasteiger partial charge in [0.05, 0.1) is 11.3 Å². The normalized spacial score (nSPS) is 18.8. The van der Waals surface area contributed by atoms with Gasteiger partial charge in [-0.1, -0.05) is 18.2 Å². The number of carbonyl (C=O) groups excluding carboxylic acids is 3. The van der Waals surface area contributed by atoms with E-state index in [9.17, 15) is 14.4 Å². The summed E-state index contributed by atoms with van der Waals surface area (Å²) in [5.74, 6) is -0.609. The molecular formula is C17H19ClN4O4. The number of urea groups is 1. The molecule has 0 radical (unpaired) electrons. The summed E-state index contributed by atoms with van der Waals surface area (Å²) < 4.78 is 5.54. The van der Waals surface area contributed by atoms with Crippen LogP contribution in [0.1, 0.15) is 30.1 Å². The molecule has 0 aliphatic carbocycles. The molecule has 1 aromatic rings. The zero-order chi connectivity index (χ0) is 18.9. The number of halogens is 1. The minimum Gasteiger partial charge on any atom is -0.436 e. The smallest absolute Gasteiger partial charge is 0.415 e. The Labute approximate surface area is 155 Å². The lowest BCUT2D eigenvalue weighted by atomic mass is 9.88. The maximum Gasteiger partial charge on any atom is 0.415 e. The Balaban J connectivity index is 1.61. The van der Waals surface area contributed by atoms with Crippen LogP contribution in [0.3, 0.4) is 0 Å². The number of pyridine rings is 1. The molecule has 1 N–H and O–H groups in total. The number of aromatic nitrogens is 1. The summed E-state index contributed by atoms with van der Waals surface area (Å²) in [5.41, 5.74) is -0.00320. The number of rotatable bonds is 2. The van der Waals surface area contributed by atoms with E-state index in [4.69, 9.17) is 16.3 Å². The van der Waals surface area contributed by atoms with Crippen LogP contribution in [-0.2, 0) is 4.74 Å². The number of hydrogen-bond donors (Lipinski definition) is 1. The van der Waals surface area contributed by atoms with Crippen LogP contribution in [0.25, 0.3) is 0 Å². The molecule has 0 saturated carbocycles. The van der Waals surface area contributed by atoms with Crippen LogP contribution in [0.2, 0.25) is 5.15 Å². The third kappa shape index (κ3) is 3.12. The molecule has 8 nitrogen and oxygen atoms in total. The van der Waals surface area contributed by atoms with Gasteiger partial charge in [0, 0.05) is 38.7 Å². The highest BCUT2D eigenvalue weighted by atomic mass is 35.5. The number of ether oxygens (including phenoxy) is 1. The molecule has 4 amide bonds. The molecule has 2 aliphatic heterocycles. The average molecular weight is 379 g/mol. The van der Waals surface area contributed by atoms with Crippen molar-refractivity contribution < 1.29 is 19.1 Å². The van der Waals surface area contributed by atoms with E-state index < -0.39 is 23.6 Å². The van der Waals surface area contributed by atoms with Gasteiger partial charge in [0.1, 0.15) is 5.15 Å². The number of likely N-dealkylation sites (tertiary alicyclic amines) is 1. The maximum absolute atomic E-state index is 12.4. The summed E-state index contributed by atoms with van der Waals surface area (Å²) in [7, 11) is 0. The van der Waals surface area contributed by atoms with Crippen molar-refractivity contribution in [3.63, 3.8) is 0 Å². The van der Waals surface area contributed by atoms with E-state index >= 15 is 0 Å². The number of imide groups is 1. The number of nitrogens with zero attached hydrogens (tertiary/aromatic N) is 3. The van der Waals surface area contributed by atoms with Crippen molar-refractivity contribution in [1.29, 1.82) is 0 Å². The second-order valence-corrected chi connectivity index (χ2v) is 6.50. The van der Waals surface area contributed by atoms with Crippen LogP contribution in [0.15, 0.2) is 30.6 Å². The summed E-state index contributed by atoms with van der Waals surface area (Å²) in [5, 5.41) is 2.34. The van der Waals surface area contributed by atoms with Gasteiger partial charge >= 0.3 is 12.1 Å². The summed E-state index contributed by atoms with van der Waals surface area (Å²) in [6.45, 7) is 7.00. The van der Waals surface area contributed by atoms with E-state index in [1.807, 2.05) is 6.92 Å². The van der Waals surface area contributed by atoms with E-state index in [-0.39, 0.29) is 10.7 Å². The first-order chi connectivity index (χ1) is 12.4. The SMILES string of the molecule is C=C1N(CC)C(=O)OC12CCN(C(=O)NC(=O)c1cccnc1Cl)CC2. The number of likely N-dealkylation sites (N-methyl/N-ethyl adjacent to an activating group) is 1. The van der Waals surface area contributed by atoms with Gasteiger partial charge in [0.2, 0.25) is 0 Å². The fraction of sp³-hybridized carbons (Fsp3) is 0.412. The van der Waals surface area contributed by atoms with Gasteiger partial charge in [-0.2, -0.15) is 0 Å². The quantitative estimate of drug-likeness (QED) is 0.798. The number of carbonyl (C=O) groups is 3. The minimum atomic E-state index is -0.763. The van der Waals surface area contributed by atoms with Gasteiger partial charge in [-0.25, -0.2) is 14.6 Å². The third-order valence-electron chi connectivity index (χ3n) is 4.75. The molecule has 1 aromatic heterocycles. The first-order valence-electron chi connectivity index (χ1n) is 8.28. The Morgan fingerprint density at radius 1 is 1.42 bits per heavy atom. The van der Waals surface area contributed by atoms with Gasteiger partial charge in [-0.3, -0.25) is 15.0 Å². The highest BCUT2D eigenvalue weighted by Gasteiger charge is 2.50. The van der Waals surface area contributed by atoms with Crippen molar-refractivity contribution >= 4 is 29.6 Å². The van der Waals surface area contributed by atoms with Crippen molar-refractivity contribution in [3.8, 4) is 0 Å². The maximum atomic E-state index is 12.4. The third-order valence-corrected chi connectivity index (χ3v) is 5.05. The second-order valence-electron chi connectivity index (χ2n) is 6.14. The Bertz CT molecular complexity index is 774. The molecule has 2 aliphatic rings. The fourth-order valence-corrected chi connectivity index (χ4v) is 3.42. The molecule has 0 unspecified atom stereocenters. The van der Waals surface area contributed by atoms with E-state index in [1.54, 1.807) is 6.07 Å². The summed E-state index contributed by atoms with van der Waals surface area (Å²) in [6.07, 6.45) is 1.92. The topological polar surface area (TPSA) is 91.8 Å². The predicted molar refractivity (Wildman–Crippen MR) is 93.6 cm³/mol. The highest BCUT2D eigenvalue weighted by Crippen LogP contribution is 2.40. The lowest BCUT2D eigenvalue weighted by molar-refractivity contribution is 0.0237. The molecule has 2 fully saturated rings. The number of piperidine rings is 1.